The van der Waals surface area contributed by atoms with Gasteiger partial charge in [-0.25, -0.2) is 0 Å². The van der Waals surface area contributed by atoms with Crippen LogP contribution in [-0.2, 0) is 13.1 Å². The third-order valence-corrected chi connectivity index (χ3v) is 4.13. The number of rotatable bonds is 4. The van der Waals surface area contributed by atoms with Gasteiger partial charge in [0, 0.05) is 26.2 Å². The molecule has 102 valence electrons. The van der Waals surface area contributed by atoms with Crippen molar-refractivity contribution in [3.05, 3.63) is 71.8 Å². The van der Waals surface area contributed by atoms with Crippen molar-refractivity contribution in [2.45, 2.75) is 13.1 Å². The lowest BCUT2D eigenvalue weighted by molar-refractivity contribution is 0.458. The van der Waals surface area contributed by atoms with Crippen LogP contribution in [0.25, 0.3) is 0 Å². The van der Waals surface area contributed by atoms with Crippen LogP contribution in [0.3, 0.4) is 0 Å². The molecule has 0 N–H and O–H groups in total. The second-order valence-corrected chi connectivity index (χ2v) is 5.46. The van der Waals surface area contributed by atoms with Gasteiger partial charge >= 0.3 is 0 Å². The highest BCUT2D eigenvalue weighted by atomic mass is 32.1. The van der Waals surface area contributed by atoms with Gasteiger partial charge in [-0.05, 0) is 23.3 Å². The van der Waals surface area contributed by atoms with E-state index in [2.05, 4.69) is 58.3 Å². The third kappa shape index (κ3) is 2.99. The zero-order chi connectivity index (χ0) is 13.8. The normalized spacial score (nSPS) is 14.9. The fraction of sp³-hybridized carbons (Fsp3) is 0.235. The molecule has 2 aromatic carbocycles. The first-order chi connectivity index (χ1) is 9.83. The molecule has 0 saturated carbocycles. The second-order valence-electron chi connectivity index (χ2n) is 5.10. The molecule has 1 aliphatic heterocycles. The van der Waals surface area contributed by atoms with E-state index in [0.717, 1.165) is 31.3 Å². The monoisotopic (exact) mass is 282 g/mol. The van der Waals surface area contributed by atoms with Crippen molar-refractivity contribution < 1.29 is 0 Å². The standard InChI is InChI=1S/C17H18N2S/c20-17-18(13-15-7-3-1-4-8-15)11-12-19(17)14-16-9-5-2-6-10-16/h1-10H,11-14H2. The SMILES string of the molecule is S=C1N(Cc2ccccc2)CCN1Cc1ccccc1. The smallest absolute Gasteiger partial charge is 0.172 e. The van der Waals surface area contributed by atoms with Crippen molar-refractivity contribution in [3.8, 4) is 0 Å². The highest BCUT2D eigenvalue weighted by molar-refractivity contribution is 7.80. The summed E-state index contributed by atoms with van der Waals surface area (Å²) in [6.45, 7) is 3.84. The molecule has 0 unspecified atom stereocenters. The van der Waals surface area contributed by atoms with E-state index in [1.165, 1.54) is 11.1 Å². The molecule has 1 heterocycles. The lowest BCUT2D eigenvalue weighted by Crippen LogP contribution is -2.30. The van der Waals surface area contributed by atoms with E-state index in [9.17, 15) is 0 Å². The summed E-state index contributed by atoms with van der Waals surface area (Å²) >= 11 is 5.61. The Kier molecular flexibility index (Phi) is 3.97. The Hall–Kier alpha value is -1.87. The maximum atomic E-state index is 5.61. The summed E-state index contributed by atoms with van der Waals surface area (Å²) in [5, 5.41) is 0.970. The molecule has 0 spiro atoms. The van der Waals surface area contributed by atoms with Crippen molar-refractivity contribution in [1.82, 2.24) is 9.80 Å². The molecular formula is C17H18N2S. The Bertz CT molecular complexity index is 517. The van der Waals surface area contributed by atoms with Gasteiger partial charge in [-0.3, -0.25) is 0 Å². The van der Waals surface area contributed by atoms with Crippen molar-refractivity contribution in [2.24, 2.45) is 0 Å². The minimum absolute atomic E-state index is 0.908. The molecular weight excluding hydrogens is 264 g/mol. The van der Waals surface area contributed by atoms with Crippen LogP contribution in [-0.4, -0.2) is 28.0 Å². The maximum absolute atomic E-state index is 5.61. The van der Waals surface area contributed by atoms with E-state index < -0.39 is 0 Å². The fourth-order valence-corrected chi connectivity index (χ4v) is 2.85. The number of thiocarbonyl (C=S) groups is 1. The average molecular weight is 282 g/mol. The van der Waals surface area contributed by atoms with Crippen LogP contribution in [0, 0.1) is 0 Å². The summed E-state index contributed by atoms with van der Waals surface area (Å²) in [7, 11) is 0. The predicted molar refractivity (Wildman–Crippen MR) is 86.3 cm³/mol. The summed E-state index contributed by atoms with van der Waals surface area (Å²) < 4.78 is 0. The number of hydrogen-bond acceptors (Lipinski definition) is 1. The minimum Gasteiger partial charge on any atom is -0.343 e. The van der Waals surface area contributed by atoms with Crippen molar-refractivity contribution in [1.29, 1.82) is 0 Å². The molecule has 0 atom stereocenters. The van der Waals surface area contributed by atoms with Crippen LogP contribution in [0.15, 0.2) is 60.7 Å². The summed E-state index contributed by atoms with van der Waals surface area (Å²) in [6, 6.07) is 21.0. The number of nitrogens with zero attached hydrogens (tertiary/aromatic N) is 2. The Morgan fingerprint density at radius 2 is 1.10 bits per heavy atom. The summed E-state index contributed by atoms with van der Waals surface area (Å²) in [5.41, 5.74) is 2.63. The number of hydrogen-bond donors (Lipinski definition) is 0. The average Bonchev–Trinajstić information content (AvgIpc) is 2.83. The minimum atomic E-state index is 0.908. The quantitative estimate of drug-likeness (QED) is 0.795. The van der Waals surface area contributed by atoms with Gasteiger partial charge in [0.15, 0.2) is 5.11 Å². The van der Waals surface area contributed by atoms with Crippen LogP contribution in [0.4, 0.5) is 0 Å². The van der Waals surface area contributed by atoms with Crippen LogP contribution in [0.5, 0.6) is 0 Å². The first kappa shape index (κ1) is 13.1. The molecule has 0 radical (unpaired) electrons. The molecule has 3 rings (SSSR count). The van der Waals surface area contributed by atoms with E-state index in [1.807, 2.05) is 12.1 Å². The zero-order valence-electron chi connectivity index (χ0n) is 11.4. The third-order valence-electron chi connectivity index (χ3n) is 3.61. The highest BCUT2D eigenvalue weighted by Gasteiger charge is 2.24. The van der Waals surface area contributed by atoms with Gasteiger partial charge in [-0.1, -0.05) is 60.7 Å². The molecule has 2 nitrogen and oxygen atoms in total. The van der Waals surface area contributed by atoms with Crippen molar-refractivity contribution in [3.63, 3.8) is 0 Å². The van der Waals surface area contributed by atoms with Gasteiger partial charge in [0.05, 0.1) is 0 Å². The molecule has 1 saturated heterocycles. The van der Waals surface area contributed by atoms with Crippen LogP contribution in [0.2, 0.25) is 0 Å². The van der Waals surface area contributed by atoms with E-state index in [1.54, 1.807) is 0 Å². The molecule has 3 heteroatoms. The first-order valence-electron chi connectivity index (χ1n) is 6.94. The molecule has 0 bridgehead atoms. The largest absolute Gasteiger partial charge is 0.343 e. The van der Waals surface area contributed by atoms with Gasteiger partial charge in [-0.2, -0.15) is 0 Å². The van der Waals surface area contributed by atoms with Gasteiger partial charge in [0.25, 0.3) is 0 Å². The zero-order valence-corrected chi connectivity index (χ0v) is 12.2. The molecule has 0 aliphatic carbocycles. The van der Waals surface area contributed by atoms with E-state index in [0.29, 0.717) is 0 Å². The molecule has 1 fully saturated rings. The second kappa shape index (κ2) is 6.06. The van der Waals surface area contributed by atoms with E-state index in [-0.39, 0.29) is 0 Å². The Labute approximate surface area is 125 Å². The molecule has 0 amide bonds. The van der Waals surface area contributed by atoms with Crippen LogP contribution >= 0.6 is 12.2 Å². The molecule has 1 aliphatic rings. The summed E-state index contributed by atoms with van der Waals surface area (Å²) in [4.78, 5) is 4.57. The van der Waals surface area contributed by atoms with Gasteiger partial charge in [-0.15, -0.1) is 0 Å². The summed E-state index contributed by atoms with van der Waals surface area (Å²) in [6.07, 6.45) is 0. The topological polar surface area (TPSA) is 6.48 Å². The fourth-order valence-electron chi connectivity index (χ4n) is 2.53. The van der Waals surface area contributed by atoms with E-state index >= 15 is 0 Å². The highest BCUT2D eigenvalue weighted by Crippen LogP contribution is 2.16. The van der Waals surface area contributed by atoms with Gasteiger partial charge < -0.3 is 9.80 Å². The molecule has 0 aromatic heterocycles. The van der Waals surface area contributed by atoms with Gasteiger partial charge in [0.1, 0.15) is 0 Å². The summed E-state index contributed by atoms with van der Waals surface area (Å²) in [5.74, 6) is 0. The van der Waals surface area contributed by atoms with Crippen LogP contribution in [0.1, 0.15) is 11.1 Å². The Balaban J connectivity index is 1.62. The first-order valence-corrected chi connectivity index (χ1v) is 7.35. The van der Waals surface area contributed by atoms with Crippen molar-refractivity contribution >= 4 is 17.3 Å². The Morgan fingerprint density at radius 3 is 1.50 bits per heavy atom. The maximum Gasteiger partial charge on any atom is 0.172 e. The Morgan fingerprint density at radius 1 is 0.700 bits per heavy atom. The lowest BCUT2D eigenvalue weighted by Gasteiger charge is -2.22. The van der Waals surface area contributed by atoms with E-state index in [4.69, 9.17) is 12.2 Å². The number of benzene rings is 2. The molecule has 2 aromatic rings. The van der Waals surface area contributed by atoms with Crippen molar-refractivity contribution in [2.75, 3.05) is 13.1 Å². The lowest BCUT2D eigenvalue weighted by atomic mass is 10.2. The van der Waals surface area contributed by atoms with Crippen LogP contribution < -0.4 is 0 Å². The van der Waals surface area contributed by atoms with Gasteiger partial charge in [0.2, 0.25) is 0 Å². The predicted octanol–water partition coefficient (Wildman–Crippen LogP) is 3.29. The molecule has 20 heavy (non-hydrogen) atoms.